The van der Waals surface area contributed by atoms with E-state index in [1.165, 1.54) is 6.42 Å². The number of pyridine rings is 1. The number of nitrogens with one attached hydrogen (secondary N) is 1. The SMILES string of the molecule is CCOC(=O)c1c(O)c2ccc(C3CCC3)cc2[nH]c1=O. The van der Waals surface area contributed by atoms with Crippen molar-refractivity contribution in [3.05, 3.63) is 39.7 Å². The Morgan fingerprint density at radius 3 is 2.81 bits per heavy atom. The second-order valence-electron chi connectivity index (χ2n) is 5.33. The van der Waals surface area contributed by atoms with Crippen molar-refractivity contribution in [1.29, 1.82) is 0 Å². The lowest BCUT2D eigenvalue weighted by atomic mass is 9.80. The number of aromatic nitrogens is 1. The van der Waals surface area contributed by atoms with E-state index in [0.717, 1.165) is 18.4 Å². The van der Waals surface area contributed by atoms with Crippen LogP contribution in [-0.2, 0) is 4.74 Å². The fourth-order valence-electron chi connectivity index (χ4n) is 2.69. The first-order chi connectivity index (χ1) is 10.1. The van der Waals surface area contributed by atoms with E-state index in [4.69, 9.17) is 4.74 Å². The fourth-order valence-corrected chi connectivity index (χ4v) is 2.69. The molecule has 0 saturated heterocycles. The highest BCUT2D eigenvalue weighted by Crippen LogP contribution is 2.38. The fraction of sp³-hybridized carbons (Fsp3) is 0.375. The number of carbonyl (C=O) groups excluding carboxylic acids is 1. The minimum atomic E-state index is -0.804. The molecule has 1 heterocycles. The van der Waals surface area contributed by atoms with Gasteiger partial charge in [-0.2, -0.15) is 0 Å². The number of H-pyrrole nitrogens is 1. The lowest BCUT2D eigenvalue weighted by Crippen LogP contribution is -2.20. The van der Waals surface area contributed by atoms with Gasteiger partial charge in [0.05, 0.1) is 12.1 Å². The van der Waals surface area contributed by atoms with Crippen LogP contribution in [0.1, 0.15) is 48.0 Å². The Bertz CT molecular complexity index is 759. The van der Waals surface area contributed by atoms with Crippen molar-refractivity contribution in [2.45, 2.75) is 32.1 Å². The zero-order chi connectivity index (χ0) is 15.0. The molecule has 21 heavy (non-hydrogen) atoms. The number of ether oxygens (including phenoxy) is 1. The minimum absolute atomic E-state index is 0.149. The van der Waals surface area contributed by atoms with Gasteiger partial charge in [-0.1, -0.05) is 12.5 Å². The molecule has 0 amide bonds. The number of benzene rings is 1. The Morgan fingerprint density at radius 2 is 2.19 bits per heavy atom. The molecule has 3 rings (SSSR count). The van der Waals surface area contributed by atoms with E-state index in [-0.39, 0.29) is 17.9 Å². The number of fused-ring (bicyclic) bond motifs is 1. The Labute approximate surface area is 121 Å². The zero-order valence-corrected chi connectivity index (χ0v) is 11.8. The van der Waals surface area contributed by atoms with Crippen LogP contribution in [0.5, 0.6) is 5.75 Å². The third-order valence-corrected chi connectivity index (χ3v) is 4.07. The summed E-state index contributed by atoms with van der Waals surface area (Å²) in [5.74, 6) is -0.585. The summed E-state index contributed by atoms with van der Waals surface area (Å²) in [4.78, 5) is 26.4. The van der Waals surface area contributed by atoms with Gasteiger partial charge < -0.3 is 14.8 Å². The van der Waals surface area contributed by atoms with E-state index >= 15 is 0 Å². The first-order valence-corrected chi connectivity index (χ1v) is 7.17. The zero-order valence-electron chi connectivity index (χ0n) is 11.8. The normalized spacial score (nSPS) is 14.9. The van der Waals surface area contributed by atoms with Crippen molar-refractivity contribution in [1.82, 2.24) is 4.98 Å². The largest absolute Gasteiger partial charge is 0.506 e. The lowest BCUT2D eigenvalue weighted by Gasteiger charge is -2.26. The van der Waals surface area contributed by atoms with Gasteiger partial charge in [-0.25, -0.2) is 4.79 Å². The molecule has 1 saturated carbocycles. The summed E-state index contributed by atoms with van der Waals surface area (Å²) in [5, 5.41) is 10.7. The van der Waals surface area contributed by atoms with Gasteiger partial charge in [-0.05, 0) is 43.4 Å². The summed E-state index contributed by atoms with van der Waals surface area (Å²) in [6.45, 7) is 1.80. The van der Waals surface area contributed by atoms with E-state index in [0.29, 0.717) is 16.8 Å². The van der Waals surface area contributed by atoms with Crippen molar-refractivity contribution in [2.24, 2.45) is 0 Å². The number of hydrogen-bond donors (Lipinski definition) is 2. The second-order valence-corrected chi connectivity index (χ2v) is 5.33. The van der Waals surface area contributed by atoms with Gasteiger partial charge in [0, 0.05) is 5.39 Å². The highest BCUT2D eigenvalue weighted by molar-refractivity contribution is 5.99. The quantitative estimate of drug-likeness (QED) is 0.851. The van der Waals surface area contributed by atoms with Gasteiger partial charge in [-0.15, -0.1) is 0 Å². The standard InChI is InChI=1S/C16H17NO4/c1-2-21-16(20)13-14(18)11-7-6-10(9-4-3-5-9)8-12(11)17-15(13)19/h6-9H,2-5H2,1H3,(H2,17,18,19). The van der Waals surface area contributed by atoms with Gasteiger partial charge in [0.1, 0.15) is 5.75 Å². The maximum Gasteiger partial charge on any atom is 0.347 e. The molecule has 1 fully saturated rings. The Kier molecular flexibility index (Phi) is 3.41. The van der Waals surface area contributed by atoms with Gasteiger partial charge in [-0.3, -0.25) is 4.79 Å². The first-order valence-electron chi connectivity index (χ1n) is 7.17. The third kappa shape index (κ3) is 2.28. The molecule has 2 aromatic rings. The van der Waals surface area contributed by atoms with Crippen LogP contribution < -0.4 is 5.56 Å². The molecular weight excluding hydrogens is 270 g/mol. The van der Waals surface area contributed by atoms with Crippen molar-refractivity contribution < 1.29 is 14.6 Å². The average Bonchev–Trinajstić information content (AvgIpc) is 2.36. The summed E-state index contributed by atoms with van der Waals surface area (Å²) >= 11 is 0. The van der Waals surface area contributed by atoms with Gasteiger partial charge in [0.15, 0.2) is 5.56 Å². The summed E-state index contributed by atoms with van der Waals surface area (Å²) in [7, 11) is 0. The maximum atomic E-state index is 12.0. The number of hydrogen-bond acceptors (Lipinski definition) is 4. The van der Waals surface area contributed by atoms with E-state index in [2.05, 4.69) is 4.98 Å². The van der Waals surface area contributed by atoms with Crippen LogP contribution in [0.15, 0.2) is 23.0 Å². The molecule has 110 valence electrons. The Hall–Kier alpha value is -2.30. The smallest absolute Gasteiger partial charge is 0.347 e. The molecule has 0 radical (unpaired) electrons. The molecule has 1 aliphatic carbocycles. The molecule has 1 aromatic heterocycles. The van der Waals surface area contributed by atoms with Gasteiger partial charge in [0.25, 0.3) is 5.56 Å². The van der Waals surface area contributed by atoms with E-state index in [1.54, 1.807) is 13.0 Å². The van der Waals surface area contributed by atoms with Crippen LogP contribution in [-0.4, -0.2) is 22.7 Å². The van der Waals surface area contributed by atoms with Crippen LogP contribution >= 0.6 is 0 Å². The van der Waals surface area contributed by atoms with E-state index in [1.807, 2.05) is 12.1 Å². The predicted molar refractivity (Wildman–Crippen MR) is 78.8 cm³/mol. The molecular formula is C16H17NO4. The monoisotopic (exact) mass is 287 g/mol. The first kappa shape index (κ1) is 13.7. The second kappa shape index (κ2) is 5.24. The van der Waals surface area contributed by atoms with Crippen molar-refractivity contribution >= 4 is 16.9 Å². The van der Waals surface area contributed by atoms with Crippen molar-refractivity contribution in [3.63, 3.8) is 0 Å². The Morgan fingerprint density at radius 1 is 1.43 bits per heavy atom. The van der Waals surface area contributed by atoms with Crippen LogP contribution in [0.3, 0.4) is 0 Å². The molecule has 0 atom stereocenters. The van der Waals surface area contributed by atoms with Crippen LogP contribution in [0.4, 0.5) is 0 Å². The topological polar surface area (TPSA) is 79.4 Å². The van der Waals surface area contributed by atoms with E-state index < -0.39 is 11.5 Å². The van der Waals surface area contributed by atoms with Gasteiger partial charge >= 0.3 is 5.97 Å². The predicted octanol–water partition coefficient (Wildman–Crippen LogP) is 2.68. The third-order valence-electron chi connectivity index (χ3n) is 4.07. The minimum Gasteiger partial charge on any atom is -0.506 e. The number of carbonyl (C=O) groups is 1. The maximum absolute atomic E-state index is 12.0. The van der Waals surface area contributed by atoms with Gasteiger partial charge in [0.2, 0.25) is 0 Å². The molecule has 0 aliphatic heterocycles. The number of aromatic hydroxyl groups is 1. The molecule has 1 aromatic carbocycles. The number of rotatable bonds is 3. The highest BCUT2D eigenvalue weighted by Gasteiger charge is 2.23. The highest BCUT2D eigenvalue weighted by atomic mass is 16.5. The lowest BCUT2D eigenvalue weighted by molar-refractivity contribution is 0.0521. The van der Waals surface area contributed by atoms with Crippen LogP contribution in [0.2, 0.25) is 0 Å². The molecule has 5 nitrogen and oxygen atoms in total. The number of aromatic amines is 1. The Balaban J connectivity index is 2.12. The summed E-state index contributed by atoms with van der Waals surface area (Å²) in [6, 6.07) is 5.57. The summed E-state index contributed by atoms with van der Waals surface area (Å²) in [5.41, 5.74) is 0.757. The summed E-state index contributed by atoms with van der Waals surface area (Å²) < 4.78 is 4.81. The van der Waals surface area contributed by atoms with Crippen LogP contribution in [0, 0.1) is 0 Å². The molecule has 2 N–H and O–H groups in total. The van der Waals surface area contributed by atoms with E-state index in [9.17, 15) is 14.7 Å². The van der Waals surface area contributed by atoms with Crippen molar-refractivity contribution in [2.75, 3.05) is 6.61 Å². The summed E-state index contributed by atoms with van der Waals surface area (Å²) in [6.07, 6.45) is 3.54. The molecule has 0 unspecified atom stereocenters. The molecule has 0 spiro atoms. The molecule has 0 bridgehead atoms. The molecule has 1 aliphatic rings. The number of esters is 1. The van der Waals surface area contributed by atoms with Crippen molar-refractivity contribution in [3.8, 4) is 5.75 Å². The van der Waals surface area contributed by atoms with Crippen LogP contribution in [0.25, 0.3) is 10.9 Å². The molecule has 5 heteroatoms. The average molecular weight is 287 g/mol.